The minimum absolute atomic E-state index is 0.832. The molecule has 5 nitrogen and oxygen atoms in total. The molecule has 0 spiro atoms. The molecule has 5 heteroatoms. The molecule has 230 valence electrons. The molecule has 4 aromatic carbocycles. The van der Waals surface area contributed by atoms with E-state index in [-0.39, 0.29) is 0 Å². The molecular formula is C44H29N5. The smallest absolute Gasteiger partial charge is 0.0886 e. The normalized spacial score (nSPS) is 11.3. The topological polar surface area (TPSA) is 56.5 Å². The lowest BCUT2D eigenvalue weighted by Crippen LogP contribution is -1.93. The minimum Gasteiger partial charge on any atom is -0.309 e. The van der Waals surface area contributed by atoms with Gasteiger partial charge in [0.2, 0.25) is 0 Å². The van der Waals surface area contributed by atoms with Crippen LogP contribution in [0.2, 0.25) is 0 Å². The summed E-state index contributed by atoms with van der Waals surface area (Å²) in [6.45, 7) is 0. The summed E-state index contributed by atoms with van der Waals surface area (Å²) in [5.41, 5.74) is 13.5. The van der Waals surface area contributed by atoms with Crippen LogP contribution in [0.1, 0.15) is 0 Å². The molecule has 9 rings (SSSR count). The van der Waals surface area contributed by atoms with Gasteiger partial charge < -0.3 is 4.57 Å². The summed E-state index contributed by atoms with van der Waals surface area (Å²) in [6, 6.07) is 52.7. The van der Waals surface area contributed by atoms with Crippen molar-refractivity contribution in [3.05, 3.63) is 176 Å². The predicted octanol–water partition coefficient (Wildman–Crippen LogP) is 10.7. The monoisotopic (exact) mass is 627 g/mol. The first kappa shape index (κ1) is 28.5. The van der Waals surface area contributed by atoms with Crippen LogP contribution in [-0.2, 0) is 0 Å². The van der Waals surface area contributed by atoms with E-state index in [9.17, 15) is 0 Å². The molecule has 0 amide bonds. The molecule has 49 heavy (non-hydrogen) atoms. The van der Waals surface area contributed by atoms with Crippen LogP contribution in [0.25, 0.3) is 83.6 Å². The van der Waals surface area contributed by atoms with E-state index in [1.807, 2.05) is 67.1 Å². The van der Waals surface area contributed by atoms with Crippen LogP contribution in [0.3, 0.4) is 0 Å². The van der Waals surface area contributed by atoms with E-state index in [0.29, 0.717) is 0 Å². The number of para-hydroxylation sites is 1. The fourth-order valence-corrected chi connectivity index (χ4v) is 6.57. The number of nitrogens with zero attached hydrogens (tertiary/aromatic N) is 5. The maximum Gasteiger partial charge on any atom is 0.0886 e. The molecule has 9 aromatic rings. The van der Waals surface area contributed by atoms with Crippen molar-refractivity contribution >= 4 is 21.8 Å². The number of benzene rings is 4. The van der Waals surface area contributed by atoms with Crippen LogP contribution in [0, 0.1) is 0 Å². The molecule has 5 aromatic heterocycles. The predicted molar refractivity (Wildman–Crippen MR) is 199 cm³/mol. The van der Waals surface area contributed by atoms with E-state index in [4.69, 9.17) is 9.97 Å². The summed E-state index contributed by atoms with van der Waals surface area (Å²) in [5, 5.41) is 2.32. The number of aromatic nitrogens is 5. The average Bonchev–Trinajstić information content (AvgIpc) is 3.52. The molecule has 0 aliphatic carbocycles. The third-order valence-electron chi connectivity index (χ3n) is 9.01. The fourth-order valence-electron chi connectivity index (χ4n) is 6.57. The zero-order valence-electron chi connectivity index (χ0n) is 26.5. The maximum atomic E-state index is 5.08. The summed E-state index contributed by atoms with van der Waals surface area (Å²) in [5.74, 6) is 0. The van der Waals surface area contributed by atoms with Crippen molar-refractivity contribution in [3.63, 3.8) is 0 Å². The lowest BCUT2D eigenvalue weighted by Gasteiger charge is -2.11. The molecule has 0 aliphatic heterocycles. The Morgan fingerprint density at radius 1 is 0.367 bits per heavy atom. The molecule has 0 saturated carbocycles. The first-order valence-electron chi connectivity index (χ1n) is 16.3. The molecule has 0 N–H and O–H groups in total. The van der Waals surface area contributed by atoms with Crippen LogP contribution >= 0.6 is 0 Å². The lowest BCUT2D eigenvalue weighted by molar-refractivity contribution is 1.17. The summed E-state index contributed by atoms with van der Waals surface area (Å²) in [4.78, 5) is 18.7. The van der Waals surface area contributed by atoms with E-state index < -0.39 is 0 Å². The van der Waals surface area contributed by atoms with Gasteiger partial charge in [0.25, 0.3) is 0 Å². The van der Waals surface area contributed by atoms with Crippen molar-refractivity contribution in [2.24, 2.45) is 0 Å². The first-order chi connectivity index (χ1) is 24.3. The molecule has 5 heterocycles. The van der Waals surface area contributed by atoms with E-state index in [0.717, 1.165) is 78.3 Å². The highest BCUT2D eigenvalue weighted by atomic mass is 15.0. The van der Waals surface area contributed by atoms with Crippen LogP contribution in [-0.4, -0.2) is 24.5 Å². The molecular weight excluding hydrogens is 599 g/mol. The van der Waals surface area contributed by atoms with Crippen LogP contribution < -0.4 is 0 Å². The Hall–Kier alpha value is -6.72. The Labute approximate surface area is 283 Å². The summed E-state index contributed by atoms with van der Waals surface area (Å²) in [6.07, 6.45) is 7.50. The minimum atomic E-state index is 0.832. The molecule has 0 atom stereocenters. The molecule has 0 aliphatic rings. The Balaban J connectivity index is 1.10. The quantitative estimate of drug-likeness (QED) is 0.184. The number of pyridine rings is 4. The third kappa shape index (κ3) is 5.33. The van der Waals surface area contributed by atoms with Gasteiger partial charge in [-0.05, 0) is 89.0 Å². The van der Waals surface area contributed by atoms with Gasteiger partial charge >= 0.3 is 0 Å². The van der Waals surface area contributed by atoms with Crippen molar-refractivity contribution in [3.8, 4) is 61.8 Å². The molecule has 0 radical (unpaired) electrons. The number of hydrogen-bond acceptors (Lipinski definition) is 4. The van der Waals surface area contributed by atoms with Crippen molar-refractivity contribution in [2.75, 3.05) is 0 Å². The highest BCUT2D eigenvalue weighted by Crippen LogP contribution is 2.36. The number of fused-ring (bicyclic) bond motifs is 3. The maximum absolute atomic E-state index is 5.08. The van der Waals surface area contributed by atoms with Crippen molar-refractivity contribution in [1.82, 2.24) is 24.5 Å². The highest BCUT2D eigenvalue weighted by Gasteiger charge is 2.14. The lowest BCUT2D eigenvalue weighted by atomic mass is 9.97. The second-order valence-corrected chi connectivity index (χ2v) is 12.0. The Morgan fingerprint density at radius 3 is 1.76 bits per heavy atom. The average molecular weight is 628 g/mol. The Kier molecular flexibility index (Phi) is 7.06. The Morgan fingerprint density at radius 2 is 1.02 bits per heavy atom. The second-order valence-electron chi connectivity index (χ2n) is 12.0. The van der Waals surface area contributed by atoms with Crippen molar-refractivity contribution in [2.45, 2.75) is 0 Å². The van der Waals surface area contributed by atoms with Crippen LogP contribution in [0.5, 0.6) is 0 Å². The summed E-state index contributed by atoms with van der Waals surface area (Å²) >= 11 is 0. The van der Waals surface area contributed by atoms with Gasteiger partial charge in [0, 0.05) is 52.4 Å². The number of hydrogen-bond donors (Lipinski definition) is 0. The third-order valence-corrected chi connectivity index (χ3v) is 9.01. The van der Waals surface area contributed by atoms with Crippen molar-refractivity contribution < 1.29 is 0 Å². The van der Waals surface area contributed by atoms with Crippen molar-refractivity contribution in [1.29, 1.82) is 0 Å². The van der Waals surface area contributed by atoms with Gasteiger partial charge in [0.1, 0.15) is 0 Å². The first-order valence-corrected chi connectivity index (χ1v) is 16.3. The van der Waals surface area contributed by atoms with Gasteiger partial charge in [-0.1, -0.05) is 84.9 Å². The highest BCUT2D eigenvalue weighted by molar-refractivity contribution is 6.10. The van der Waals surface area contributed by atoms with Crippen LogP contribution in [0.4, 0.5) is 0 Å². The van der Waals surface area contributed by atoms with Gasteiger partial charge in [-0.3, -0.25) is 15.0 Å². The summed E-state index contributed by atoms with van der Waals surface area (Å²) in [7, 11) is 0. The fraction of sp³-hybridized carbons (Fsp3) is 0. The van der Waals surface area contributed by atoms with E-state index in [1.165, 1.54) is 5.39 Å². The SMILES string of the molecule is c1ccc(-c2cc(-c3ccc(-c4ccc5c(c4)c4cnccc4n5-c4ccccc4)cc3)cc(-c3ccc(-c4ccccn4)nc3)n2)cc1. The van der Waals surface area contributed by atoms with Gasteiger partial charge in [0.15, 0.2) is 0 Å². The zero-order valence-corrected chi connectivity index (χ0v) is 26.5. The van der Waals surface area contributed by atoms with Gasteiger partial charge in [0.05, 0.1) is 33.8 Å². The van der Waals surface area contributed by atoms with Gasteiger partial charge in [-0.25, -0.2) is 4.98 Å². The van der Waals surface area contributed by atoms with Crippen LogP contribution in [0.15, 0.2) is 176 Å². The molecule has 0 saturated heterocycles. The van der Waals surface area contributed by atoms with Gasteiger partial charge in [-0.15, -0.1) is 0 Å². The largest absolute Gasteiger partial charge is 0.309 e. The molecule has 0 fully saturated rings. The van der Waals surface area contributed by atoms with E-state index in [1.54, 1.807) is 6.20 Å². The van der Waals surface area contributed by atoms with E-state index in [2.05, 4.69) is 118 Å². The van der Waals surface area contributed by atoms with Gasteiger partial charge in [-0.2, -0.15) is 0 Å². The zero-order chi connectivity index (χ0) is 32.6. The molecule has 0 bridgehead atoms. The Bertz CT molecular complexity index is 2560. The summed E-state index contributed by atoms with van der Waals surface area (Å²) < 4.78 is 2.31. The second kappa shape index (κ2) is 12.1. The molecule has 0 unspecified atom stereocenters. The standard InChI is InChI=1S/C44H29N5/c1-3-9-32(10-4-1)41-26-35(27-42(48-41)34-18-20-40(47-28-34)39-13-7-8-23-46-39)31-16-14-30(15-17-31)33-19-21-43-37(25-33)38-29-45-24-22-44(38)49(43)36-11-5-2-6-12-36/h1-29H. The van der Waals surface area contributed by atoms with E-state index >= 15 is 0 Å². The number of rotatable bonds is 6.